The van der Waals surface area contributed by atoms with Crippen LogP contribution < -0.4 is 5.32 Å². The zero-order chi connectivity index (χ0) is 16.2. The number of aryl methyl sites for hydroxylation is 2. The average molecular weight is 330 g/mol. The fourth-order valence-electron chi connectivity index (χ4n) is 2.82. The lowest BCUT2D eigenvalue weighted by Gasteiger charge is -2.06. The van der Waals surface area contributed by atoms with E-state index < -0.39 is 5.97 Å². The van der Waals surface area contributed by atoms with Crippen LogP contribution in [0.4, 0.5) is 0 Å². The van der Waals surface area contributed by atoms with Crippen molar-refractivity contribution in [3.8, 4) is 0 Å². The van der Waals surface area contributed by atoms with Crippen LogP contribution in [0.15, 0.2) is 23.6 Å². The van der Waals surface area contributed by atoms with Crippen molar-refractivity contribution in [2.24, 2.45) is 0 Å². The first kappa shape index (κ1) is 15.7. The van der Waals surface area contributed by atoms with Crippen molar-refractivity contribution in [2.45, 2.75) is 32.1 Å². The van der Waals surface area contributed by atoms with E-state index in [1.54, 1.807) is 0 Å². The SMILES string of the molecule is O=C(Cc1ccc2c(c1)CCC2)NCCc1nc(C(=O)O)cs1. The molecular weight excluding hydrogens is 312 g/mol. The van der Waals surface area contributed by atoms with E-state index in [1.165, 1.54) is 34.3 Å². The van der Waals surface area contributed by atoms with Crippen LogP contribution in [0.2, 0.25) is 0 Å². The lowest BCUT2D eigenvalue weighted by atomic mass is 10.0. The Kier molecular flexibility index (Phi) is 4.71. The van der Waals surface area contributed by atoms with Gasteiger partial charge in [-0.05, 0) is 36.0 Å². The normalized spacial score (nSPS) is 12.9. The number of hydrogen-bond acceptors (Lipinski definition) is 4. The number of carbonyl (C=O) groups excluding carboxylic acids is 1. The van der Waals surface area contributed by atoms with Crippen molar-refractivity contribution < 1.29 is 14.7 Å². The summed E-state index contributed by atoms with van der Waals surface area (Å²) in [5.41, 5.74) is 3.89. The lowest BCUT2D eigenvalue weighted by Crippen LogP contribution is -2.27. The molecule has 2 aromatic rings. The molecule has 1 aromatic heterocycles. The monoisotopic (exact) mass is 330 g/mol. The molecule has 1 heterocycles. The van der Waals surface area contributed by atoms with Crippen molar-refractivity contribution in [3.63, 3.8) is 0 Å². The summed E-state index contributed by atoms with van der Waals surface area (Å²) in [6, 6.07) is 6.31. The molecule has 0 atom stereocenters. The van der Waals surface area contributed by atoms with E-state index in [0.29, 0.717) is 19.4 Å². The zero-order valence-corrected chi connectivity index (χ0v) is 13.5. The standard InChI is InChI=1S/C17H18N2O3S/c20-15(9-11-4-5-12-2-1-3-13(12)8-11)18-7-6-16-19-14(10-23-16)17(21)22/h4-5,8,10H,1-3,6-7,9H2,(H,18,20)(H,21,22). The molecule has 0 radical (unpaired) electrons. The molecule has 23 heavy (non-hydrogen) atoms. The highest BCUT2D eigenvalue weighted by atomic mass is 32.1. The predicted octanol–water partition coefficient (Wildman–Crippen LogP) is 2.23. The van der Waals surface area contributed by atoms with Crippen molar-refractivity contribution in [2.75, 3.05) is 6.54 Å². The van der Waals surface area contributed by atoms with Gasteiger partial charge in [0.1, 0.15) is 0 Å². The Morgan fingerprint density at radius 1 is 1.26 bits per heavy atom. The molecule has 3 rings (SSSR count). The Bertz CT molecular complexity index is 739. The van der Waals surface area contributed by atoms with E-state index in [1.807, 2.05) is 6.07 Å². The molecule has 5 nitrogen and oxygen atoms in total. The first-order valence-electron chi connectivity index (χ1n) is 7.67. The van der Waals surface area contributed by atoms with Gasteiger partial charge in [-0.2, -0.15) is 0 Å². The third kappa shape index (κ3) is 3.96. The number of carboxylic acids is 1. The molecule has 0 fully saturated rings. The van der Waals surface area contributed by atoms with Gasteiger partial charge in [-0.1, -0.05) is 18.2 Å². The maximum absolute atomic E-state index is 12.0. The molecule has 0 aliphatic heterocycles. The van der Waals surface area contributed by atoms with Crippen molar-refractivity contribution >= 4 is 23.2 Å². The molecular formula is C17H18N2O3S. The van der Waals surface area contributed by atoms with Crippen LogP contribution in [-0.2, 0) is 30.5 Å². The Balaban J connectivity index is 1.47. The second-order valence-electron chi connectivity index (χ2n) is 5.66. The van der Waals surface area contributed by atoms with Crippen LogP contribution in [0.1, 0.15) is 38.6 Å². The Hall–Kier alpha value is -2.21. The first-order chi connectivity index (χ1) is 11.1. The van der Waals surface area contributed by atoms with Gasteiger partial charge in [0.05, 0.1) is 11.4 Å². The highest BCUT2D eigenvalue weighted by Gasteiger charge is 2.12. The smallest absolute Gasteiger partial charge is 0.355 e. The largest absolute Gasteiger partial charge is 0.476 e. The third-order valence-electron chi connectivity index (χ3n) is 3.96. The number of amides is 1. The average Bonchev–Trinajstić information content (AvgIpc) is 3.15. The molecule has 0 saturated carbocycles. The van der Waals surface area contributed by atoms with E-state index >= 15 is 0 Å². The van der Waals surface area contributed by atoms with Gasteiger partial charge < -0.3 is 10.4 Å². The van der Waals surface area contributed by atoms with Crippen molar-refractivity contribution in [1.29, 1.82) is 0 Å². The summed E-state index contributed by atoms with van der Waals surface area (Å²) in [6.45, 7) is 0.469. The number of thiazole rings is 1. The summed E-state index contributed by atoms with van der Waals surface area (Å²) in [4.78, 5) is 26.7. The molecule has 1 aliphatic rings. The molecule has 1 amide bonds. The van der Waals surface area contributed by atoms with E-state index in [0.717, 1.165) is 23.4 Å². The van der Waals surface area contributed by atoms with Gasteiger partial charge in [-0.15, -0.1) is 11.3 Å². The second-order valence-corrected chi connectivity index (χ2v) is 6.61. The van der Waals surface area contributed by atoms with Crippen LogP contribution in [0.5, 0.6) is 0 Å². The van der Waals surface area contributed by atoms with Gasteiger partial charge in [0.25, 0.3) is 0 Å². The quantitative estimate of drug-likeness (QED) is 0.851. The third-order valence-corrected chi connectivity index (χ3v) is 4.87. The van der Waals surface area contributed by atoms with Gasteiger partial charge in [0.2, 0.25) is 5.91 Å². The number of nitrogens with zero attached hydrogens (tertiary/aromatic N) is 1. The van der Waals surface area contributed by atoms with E-state index in [4.69, 9.17) is 5.11 Å². The molecule has 0 saturated heterocycles. The van der Waals surface area contributed by atoms with Crippen LogP contribution in [0.25, 0.3) is 0 Å². The summed E-state index contributed by atoms with van der Waals surface area (Å²) in [7, 11) is 0. The summed E-state index contributed by atoms with van der Waals surface area (Å²) >= 11 is 1.30. The van der Waals surface area contributed by atoms with Crippen molar-refractivity contribution in [3.05, 3.63) is 51.0 Å². The number of fused-ring (bicyclic) bond motifs is 1. The van der Waals surface area contributed by atoms with Crippen LogP contribution in [0.3, 0.4) is 0 Å². The number of carbonyl (C=O) groups is 2. The predicted molar refractivity (Wildman–Crippen MR) is 88.0 cm³/mol. The number of benzene rings is 1. The molecule has 0 unspecified atom stereocenters. The lowest BCUT2D eigenvalue weighted by molar-refractivity contribution is -0.120. The number of hydrogen-bond donors (Lipinski definition) is 2. The summed E-state index contributed by atoms with van der Waals surface area (Å²) in [6.07, 6.45) is 4.39. The van der Waals surface area contributed by atoms with Gasteiger partial charge >= 0.3 is 5.97 Å². The molecule has 0 spiro atoms. The van der Waals surface area contributed by atoms with Crippen molar-refractivity contribution in [1.82, 2.24) is 10.3 Å². The first-order valence-corrected chi connectivity index (χ1v) is 8.55. The Morgan fingerprint density at radius 3 is 2.87 bits per heavy atom. The number of rotatable bonds is 6. The molecule has 120 valence electrons. The molecule has 1 aromatic carbocycles. The van der Waals surface area contributed by atoms with Gasteiger partial charge in [-0.25, -0.2) is 9.78 Å². The number of aromatic carboxylic acids is 1. The number of carboxylic acid groups (broad SMARTS) is 1. The molecule has 0 bridgehead atoms. The maximum atomic E-state index is 12.0. The Labute approximate surface area is 138 Å². The fourth-order valence-corrected chi connectivity index (χ4v) is 3.59. The molecule has 1 aliphatic carbocycles. The molecule has 2 N–H and O–H groups in total. The number of nitrogens with one attached hydrogen (secondary N) is 1. The summed E-state index contributed by atoms with van der Waals surface area (Å²) in [5.74, 6) is -1.04. The second kappa shape index (κ2) is 6.91. The minimum atomic E-state index is -1.02. The Morgan fingerprint density at radius 2 is 2.09 bits per heavy atom. The number of aromatic nitrogens is 1. The van der Waals surface area contributed by atoms with E-state index in [-0.39, 0.29) is 11.6 Å². The summed E-state index contributed by atoms with van der Waals surface area (Å²) in [5, 5.41) is 13.9. The van der Waals surface area contributed by atoms with Gasteiger partial charge in [0.15, 0.2) is 5.69 Å². The highest BCUT2D eigenvalue weighted by molar-refractivity contribution is 7.09. The van der Waals surface area contributed by atoms with Crippen LogP contribution >= 0.6 is 11.3 Å². The van der Waals surface area contributed by atoms with Gasteiger partial charge in [0, 0.05) is 18.3 Å². The minimum Gasteiger partial charge on any atom is -0.476 e. The topological polar surface area (TPSA) is 79.3 Å². The van der Waals surface area contributed by atoms with Crippen LogP contribution in [0, 0.1) is 0 Å². The summed E-state index contributed by atoms with van der Waals surface area (Å²) < 4.78 is 0. The molecule has 6 heteroatoms. The minimum absolute atomic E-state index is 0.0158. The zero-order valence-electron chi connectivity index (χ0n) is 12.7. The van der Waals surface area contributed by atoms with Crippen LogP contribution in [-0.4, -0.2) is 28.5 Å². The fraction of sp³-hybridized carbons (Fsp3) is 0.353. The van der Waals surface area contributed by atoms with E-state index in [9.17, 15) is 9.59 Å². The highest BCUT2D eigenvalue weighted by Crippen LogP contribution is 2.22. The van der Waals surface area contributed by atoms with Gasteiger partial charge in [-0.3, -0.25) is 4.79 Å². The maximum Gasteiger partial charge on any atom is 0.355 e. The van der Waals surface area contributed by atoms with E-state index in [2.05, 4.69) is 22.4 Å².